The molecule has 5 nitrogen and oxygen atoms in total. The number of rotatable bonds is 6. The van der Waals surface area contributed by atoms with Gasteiger partial charge in [0.1, 0.15) is 0 Å². The van der Waals surface area contributed by atoms with Gasteiger partial charge in [-0.3, -0.25) is 4.21 Å². The van der Waals surface area contributed by atoms with Crippen LogP contribution in [-0.4, -0.2) is 32.9 Å². The molecule has 0 bridgehead atoms. The quantitative estimate of drug-likeness (QED) is 0.851. The Kier molecular flexibility index (Phi) is 5.82. The zero-order valence-electron chi connectivity index (χ0n) is 14.1. The van der Waals surface area contributed by atoms with Crippen molar-refractivity contribution in [2.45, 2.75) is 33.4 Å². The summed E-state index contributed by atoms with van der Waals surface area (Å²) in [4.78, 5) is 12.0. The molecule has 126 valence electrons. The fourth-order valence-corrected chi connectivity index (χ4v) is 3.40. The lowest BCUT2D eigenvalue weighted by Crippen LogP contribution is -2.39. The predicted molar refractivity (Wildman–Crippen MR) is 97.3 cm³/mol. The minimum absolute atomic E-state index is 0.128. The van der Waals surface area contributed by atoms with Crippen LogP contribution in [0.4, 0.5) is 10.5 Å². The molecule has 0 fully saturated rings. The first-order valence-corrected chi connectivity index (χ1v) is 9.54. The summed E-state index contributed by atoms with van der Waals surface area (Å²) in [6, 6.07) is 7.55. The van der Waals surface area contributed by atoms with Crippen molar-refractivity contribution in [1.82, 2.24) is 9.88 Å². The van der Waals surface area contributed by atoms with E-state index in [1.54, 1.807) is 6.26 Å². The van der Waals surface area contributed by atoms with E-state index in [1.165, 1.54) is 5.52 Å². The number of amides is 2. The van der Waals surface area contributed by atoms with Crippen LogP contribution in [-0.2, 0) is 17.3 Å². The van der Waals surface area contributed by atoms with Gasteiger partial charge in [-0.05, 0) is 37.1 Å². The molecule has 2 unspecified atom stereocenters. The summed E-state index contributed by atoms with van der Waals surface area (Å²) in [5.41, 5.74) is 1.92. The van der Waals surface area contributed by atoms with Crippen LogP contribution in [0.1, 0.15) is 20.8 Å². The van der Waals surface area contributed by atoms with Crippen LogP contribution in [0.2, 0.25) is 0 Å². The number of carbonyl (C=O) groups is 1. The highest BCUT2D eigenvalue weighted by atomic mass is 32.2. The number of anilines is 1. The molecule has 1 heterocycles. The van der Waals surface area contributed by atoms with Gasteiger partial charge in [0.25, 0.3) is 0 Å². The molecule has 2 aromatic rings. The standard InChI is InChI=1S/C17H25N3O2S/c1-12(2)10-20-8-7-14-9-15(5-6-16(14)20)19-17(21)18-13(3)11-23(4)22/h5-9,12-13H,10-11H2,1-4H3,(H2,18,19,21). The lowest BCUT2D eigenvalue weighted by Gasteiger charge is -2.13. The second kappa shape index (κ2) is 7.64. The Bertz CT molecular complexity index is 709. The van der Waals surface area contributed by atoms with E-state index < -0.39 is 10.8 Å². The van der Waals surface area contributed by atoms with Crippen molar-refractivity contribution in [1.29, 1.82) is 0 Å². The summed E-state index contributed by atoms with van der Waals surface area (Å²) in [6.45, 7) is 7.20. The molecule has 1 aromatic heterocycles. The Labute approximate surface area is 139 Å². The normalized spacial score (nSPS) is 14.0. The summed E-state index contributed by atoms with van der Waals surface area (Å²) in [6.07, 6.45) is 3.71. The van der Waals surface area contributed by atoms with Crippen molar-refractivity contribution in [3.05, 3.63) is 30.5 Å². The van der Waals surface area contributed by atoms with Gasteiger partial charge in [0.05, 0.1) is 0 Å². The first-order valence-electron chi connectivity index (χ1n) is 7.81. The molecule has 0 aliphatic rings. The van der Waals surface area contributed by atoms with Gasteiger partial charge >= 0.3 is 6.03 Å². The number of aromatic nitrogens is 1. The fourth-order valence-electron chi connectivity index (χ4n) is 2.62. The van der Waals surface area contributed by atoms with Gasteiger partial charge in [0.2, 0.25) is 0 Å². The van der Waals surface area contributed by atoms with Gasteiger partial charge in [0.15, 0.2) is 0 Å². The highest BCUT2D eigenvalue weighted by molar-refractivity contribution is 7.84. The maximum absolute atomic E-state index is 12.0. The molecular weight excluding hydrogens is 310 g/mol. The summed E-state index contributed by atoms with van der Waals surface area (Å²) < 4.78 is 13.4. The lowest BCUT2D eigenvalue weighted by atomic mass is 10.2. The molecule has 2 amide bonds. The molecule has 23 heavy (non-hydrogen) atoms. The Morgan fingerprint density at radius 1 is 1.26 bits per heavy atom. The number of benzene rings is 1. The molecule has 2 N–H and O–H groups in total. The third-order valence-electron chi connectivity index (χ3n) is 3.45. The molecular formula is C17H25N3O2S. The zero-order valence-corrected chi connectivity index (χ0v) is 14.9. The Morgan fingerprint density at radius 3 is 2.65 bits per heavy atom. The van der Waals surface area contributed by atoms with Crippen molar-refractivity contribution in [2.75, 3.05) is 17.3 Å². The molecule has 0 aliphatic carbocycles. The summed E-state index contributed by atoms with van der Waals surface area (Å²) in [7, 11) is -0.925. The van der Waals surface area contributed by atoms with Gasteiger partial charge in [0, 0.05) is 58.2 Å². The van der Waals surface area contributed by atoms with Crippen molar-refractivity contribution >= 4 is 33.4 Å². The SMILES string of the molecule is CC(C)Cn1ccc2cc(NC(=O)NC(C)CS(C)=O)ccc21. The monoisotopic (exact) mass is 335 g/mol. The van der Waals surface area contributed by atoms with E-state index in [0.717, 1.165) is 17.6 Å². The number of urea groups is 1. The zero-order chi connectivity index (χ0) is 17.0. The Morgan fingerprint density at radius 2 is 2.00 bits per heavy atom. The van der Waals surface area contributed by atoms with Crippen molar-refractivity contribution in [3.8, 4) is 0 Å². The first-order chi connectivity index (χ1) is 10.8. The highest BCUT2D eigenvalue weighted by Crippen LogP contribution is 2.21. The van der Waals surface area contributed by atoms with Crippen LogP contribution >= 0.6 is 0 Å². The third kappa shape index (κ3) is 5.10. The molecule has 0 aliphatic heterocycles. The van der Waals surface area contributed by atoms with Crippen LogP contribution in [0.3, 0.4) is 0 Å². The second-order valence-electron chi connectivity index (χ2n) is 6.37. The van der Waals surface area contributed by atoms with E-state index in [-0.39, 0.29) is 12.1 Å². The van der Waals surface area contributed by atoms with E-state index in [9.17, 15) is 9.00 Å². The molecule has 1 aromatic carbocycles. The maximum Gasteiger partial charge on any atom is 0.319 e. The topological polar surface area (TPSA) is 63.1 Å². The van der Waals surface area contributed by atoms with Crippen molar-refractivity contribution < 1.29 is 9.00 Å². The van der Waals surface area contributed by atoms with E-state index in [4.69, 9.17) is 0 Å². The number of nitrogens with one attached hydrogen (secondary N) is 2. The van der Waals surface area contributed by atoms with Gasteiger partial charge in [-0.2, -0.15) is 0 Å². The van der Waals surface area contributed by atoms with E-state index >= 15 is 0 Å². The number of carbonyl (C=O) groups excluding carboxylic acids is 1. The number of fused-ring (bicyclic) bond motifs is 1. The first kappa shape index (κ1) is 17.5. The third-order valence-corrected chi connectivity index (χ3v) is 4.42. The Hall–Kier alpha value is -1.82. The van der Waals surface area contributed by atoms with E-state index in [0.29, 0.717) is 11.7 Å². The van der Waals surface area contributed by atoms with Crippen LogP contribution in [0.5, 0.6) is 0 Å². The van der Waals surface area contributed by atoms with Crippen molar-refractivity contribution in [2.24, 2.45) is 5.92 Å². The fraction of sp³-hybridized carbons (Fsp3) is 0.471. The van der Waals surface area contributed by atoms with Gasteiger partial charge in [-0.25, -0.2) is 4.79 Å². The van der Waals surface area contributed by atoms with Crippen LogP contribution in [0, 0.1) is 5.92 Å². The van der Waals surface area contributed by atoms with Crippen LogP contribution in [0.25, 0.3) is 10.9 Å². The average Bonchev–Trinajstić information content (AvgIpc) is 2.79. The molecule has 0 saturated heterocycles. The maximum atomic E-state index is 12.0. The molecule has 6 heteroatoms. The van der Waals surface area contributed by atoms with Crippen LogP contribution in [0.15, 0.2) is 30.5 Å². The number of nitrogens with zero attached hydrogens (tertiary/aromatic N) is 1. The predicted octanol–water partition coefficient (Wildman–Crippen LogP) is 3.19. The minimum atomic E-state index is -0.925. The molecule has 0 radical (unpaired) electrons. The van der Waals surface area contributed by atoms with Gasteiger partial charge in [-0.1, -0.05) is 13.8 Å². The average molecular weight is 335 g/mol. The molecule has 2 rings (SSSR count). The largest absolute Gasteiger partial charge is 0.347 e. The van der Waals surface area contributed by atoms with Crippen molar-refractivity contribution in [3.63, 3.8) is 0 Å². The van der Waals surface area contributed by atoms with Gasteiger partial charge < -0.3 is 15.2 Å². The smallest absolute Gasteiger partial charge is 0.319 e. The van der Waals surface area contributed by atoms with E-state index in [1.807, 2.05) is 25.1 Å². The highest BCUT2D eigenvalue weighted by Gasteiger charge is 2.10. The second-order valence-corrected chi connectivity index (χ2v) is 7.85. The summed E-state index contributed by atoms with van der Waals surface area (Å²) in [5, 5.41) is 6.72. The summed E-state index contributed by atoms with van der Waals surface area (Å²) in [5.74, 6) is 1.03. The molecule has 0 spiro atoms. The van der Waals surface area contributed by atoms with E-state index in [2.05, 4.69) is 41.3 Å². The lowest BCUT2D eigenvalue weighted by molar-refractivity contribution is 0.250. The molecule has 2 atom stereocenters. The number of hydrogen-bond acceptors (Lipinski definition) is 2. The minimum Gasteiger partial charge on any atom is -0.347 e. The summed E-state index contributed by atoms with van der Waals surface area (Å²) >= 11 is 0. The van der Waals surface area contributed by atoms with Gasteiger partial charge in [-0.15, -0.1) is 0 Å². The van der Waals surface area contributed by atoms with Crippen LogP contribution < -0.4 is 10.6 Å². The molecule has 0 saturated carbocycles. The number of hydrogen-bond donors (Lipinski definition) is 2. The Balaban J connectivity index is 2.03.